The molecule has 0 bridgehead atoms. The van der Waals surface area contributed by atoms with E-state index in [0.717, 1.165) is 25.9 Å². The zero-order valence-corrected chi connectivity index (χ0v) is 14.4. The van der Waals surface area contributed by atoms with Crippen molar-refractivity contribution in [2.24, 2.45) is 5.92 Å². The van der Waals surface area contributed by atoms with Gasteiger partial charge in [-0.15, -0.1) is 0 Å². The van der Waals surface area contributed by atoms with Crippen molar-refractivity contribution in [3.05, 3.63) is 39.4 Å². The molecule has 1 aromatic rings. The molecule has 0 unspecified atom stereocenters. The van der Waals surface area contributed by atoms with E-state index in [1.807, 2.05) is 4.90 Å². The fourth-order valence-corrected chi connectivity index (χ4v) is 3.75. The smallest absolute Gasteiger partial charge is 0.273 e. The average Bonchev–Trinajstić information content (AvgIpc) is 3.15. The second-order valence-corrected chi connectivity index (χ2v) is 6.81. The van der Waals surface area contributed by atoms with Gasteiger partial charge in [0.25, 0.3) is 11.6 Å². The van der Waals surface area contributed by atoms with Crippen LogP contribution in [0.4, 0.5) is 5.69 Å². The molecular weight excluding hydrogens is 322 g/mol. The topological polar surface area (TPSA) is 83.8 Å². The van der Waals surface area contributed by atoms with Crippen molar-refractivity contribution in [1.82, 2.24) is 9.80 Å². The monoisotopic (exact) mass is 345 g/mol. The third kappa shape index (κ3) is 3.50. The zero-order chi connectivity index (χ0) is 18.0. The highest BCUT2D eigenvalue weighted by molar-refractivity contribution is 5.96. The van der Waals surface area contributed by atoms with Crippen LogP contribution in [0.15, 0.2) is 18.2 Å². The maximum absolute atomic E-state index is 12.7. The summed E-state index contributed by atoms with van der Waals surface area (Å²) < 4.78 is 0. The Kier molecular flexibility index (Phi) is 5.01. The average molecular weight is 345 g/mol. The van der Waals surface area contributed by atoms with Crippen molar-refractivity contribution >= 4 is 17.5 Å². The number of likely N-dealkylation sites (tertiary alicyclic amines) is 2. The van der Waals surface area contributed by atoms with E-state index in [1.165, 1.54) is 6.07 Å². The van der Waals surface area contributed by atoms with Crippen LogP contribution in [0.5, 0.6) is 0 Å². The van der Waals surface area contributed by atoms with Gasteiger partial charge in [0.05, 0.1) is 4.92 Å². The predicted molar refractivity (Wildman–Crippen MR) is 92.3 cm³/mol. The van der Waals surface area contributed by atoms with Crippen molar-refractivity contribution in [3.63, 3.8) is 0 Å². The van der Waals surface area contributed by atoms with Gasteiger partial charge in [0.2, 0.25) is 5.91 Å². The number of amides is 2. The molecule has 2 amide bonds. The van der Waals surface area contributed by atoms with Gasteiger partial charge in [0.1, 0.15) is 0 Å². The standard InChI is InChI=1S/C18H23N3O4/c1-13-15(5-4-6-16(13)21(24)25)18(23)20-11-7-14(8-12-20)17(22)19-9-2-3-10-19/h4-6,14H,2-3,7-12H2,1H3. The molecule has 2 aliphatic heterocycles. The highest BCUT2D eigenvalue weighted by Gasteiger charge is 2.32. The molecule has 0 saturated carbocycles. The molecule has 0 N–H and O–H groups in total. The van der Waals surface area contributed by atoms with Gasteiger partial charge in [-0.25, -0.2) is 0 Å². The molecule has 25 heavy (non-hydrogen) atoms. The van der Waals surface area contributed by atoms with Gasteiger partial charge in [-0.05, 0) is 38.7 Å². The number of piperidine rings is 1. The third-order valence-electron chi connectivity index (χ3n) is 5.28. The normalized spacial score (nSPS) is 18.4. The lowest BCUT2D eigenvalue weighted by atomic mass is 9.94. The molecule has 0 atom stereocenters. The molecule has 2 saturated heterocycles. The molecule has 7 nitrogen and oxygen atoms in total. The summed E-state index contributed by atoms with van der Waals surface area (Å²) in [4.78, 5) is 39.4. The third-order valence-corrected chi connectivity index (χ3v) is 5.28. The van der Waals surface area contributed by atoms with Crippen LogP contribution in [0.3, 0.4) is 0 Å². The lowest BCUT2D eigenvalue weighted by Gasteiger charge is -2.33. The predicted octanol–water partition coefficient (Wildman–Crippen LogP) is 2.38. The quantitative estimate of drug-likeness (QED) is 0.622. The molecule has 0 aromatic heterocycles. The van der Waals surface area contributed by atoms with Gasteiger partial charge < -0.3 is 9.80 Å². The summed E-state index contributed by atoms with van der Waals surface area (Å²) in [5.41, 5.74) is 0.733. The van der Waals surface area contributed by atoms with E-state index in [0.29, 0.717) is 37.1 Å². The largest absolute Gasteiger partial charge is 0.342 e. The van der Waals surface area contributed by atoms with E-state index in [-0.39, 0.29) is 23.4 Å². The zero-order valence-electron chi connectivity index (χ0n) is 14.4. The Labute approximate surface area is 146 Å². The van der Waals surface area contributed by atoms with E-state index < -0.39 is 4.92 Å². The number of nitro groups is 1. The number of rotatable bonds is 3. The molecule has 0 spiro atoms. The first-order valence-electron chi connectivity index (χ1n) is 8.81. The van der Waals surface area contributed by atoms with Crippen molar-refractivity contribution in [1.29, 1.82) is 0 Å². The molecule has 134 valence electrons. The Morgan fingerprint density at radius 2 is 1.72 bits per heavy atom. The minimum absolute atomic E-state index is 0.00615. The molecule has 2 heterocycles. The van der Waals surface area contributed by atoms with E-state index in [1.54, 1.807) is 24.0 Å². The molecule has 0 aliphatic carbocycles. The maximum atomic E-state index is 12.7. The number of nitro benzene ring substituents is 1. The van der Waals surface area contributed by atoms with E-state index >= 15 is 0 Å². The van der Waals surface area contributed by atoms with Gasteiger partial charge >= 0.3 is 0 Å². The minimum atomic E-state index is -0.465. The van der Waals surface area contributed by atoms with E-state index in [4.69, 9.17) is 0 Å². The summed E-state index contributed by atoms with van der Waals surface area (Å²) in [6, 6.07) is 4.58. The molecule has 7 heteroatoms. The molecule has 0 radical (unpaired) electrons. The second-order valence-electron chi connectivity index (χ2n) is 6.81. The summed E-state index contributed by atoms with van der Waals surface area (Å²) in [6.45, 7) is 4.35. The lowest BCUT2D eigenvalue weighted by Crippen LogP contribution is -2.43. The van der Waals surface area contributed by atoms with Gasteiger partial charge in [0, 0.05) is 49.3 Å². The Hall–Kier alpha value is -2.44. The fraction of sp³-hybridized carbons (Fsp3) is 0.556. The first-order valence-corrected chi connectivity index (χ1v) is 8.81. The molecular formula is C18H23N3O4. The van der Waals surface area contributed by atoms with Crippen molar-refractivity contribution in [2.45, 2.75) is 32.6 Å². The lowest BCUT2D eigenvalue weighted by molar-refractivity contribution is -0.385. The Bertz CT molecular complexity index is 690. The molecule has 1 aromatic carbocycles. The van der Waals surface area contributed by atoms with Crippen LogP contribution in [0.1, 0.15) is 41.6 Å². The van der Waals surface area contributed by atoms with Crippen LogP contribution in [0.25, 0.3) is 0 Å². The van der Waals surface area contributed by atoms with Crippen LogP contribution in [0, 0.1) is 23.0 Å². The summed E-state index contributed by atoms with van der Waals surface area (Å²) >= 11 is 0. The Morgan fingerprint density at radius 3 is 2.32 bits per heavy atom. The minimum Gasteiger partial charge on any atom is -0.342 e. The van der Waals surface area contributed by atoms with Crippen LogP contribution in [0.2, 0.25) is 0 Å². The molecule has 3 rings (SSSR count). The summed E-state index contributed by atoms with van der Waals surface area (Å²) in [6.07, 6.45) is 3.48. The van der Waals surface area contributed by atoms with Gasteiger partial charge in [0.15, 0.2) is 0 Å². The number of hydrogen-bond acceptors (Lipinski definition) is 4. The number of carbonyl (C=O) groups excluding carboxylic acids is 2. The number of nitrogens with zero attached hydrogens (tertiary/aromatic N) is 3. The van der Waals surface area contributed by atoms with E-state index in [9.17, 15) is 19.7 Å². The van der Waals surface area contributed by atoms with Crippen LogP contribution >= 0.6 is 0 Å². The first kappa shape index (κ1) is 17.4. The van der Waals surface area contributed by atoms with Crippen molar-refractivity contribution in [3.8, 4) is 0 Å². The highest BCUT2D eigenvalue weighted by atomic mass is 16.6. The number of carbonyl (C=O) groups is 2. The second kappa shape index (κ2) is 7.21. The fourth-order valence-electron chi connectivity index (χ4n) is 3.75. The summed E-state index contributed by atoms with van der Waals surface area (Å²) in [5, 5.41) is 11.1. The Balaban J connectivity index is 1.65. The van der Waals surface area contributed by atoms with Crippen molar-refractivity contribution < 1.29 is 14.5 Å². The number of hydrogen-bond donors (Lipinski definition) is 0. The highest BCUT2D eigenvalue weighted by Crippen LogP contribution is 2.26. The van der Waals surface area contributed by atoms with Crippen molar-refractivity contribution in [2.75, 3.05) is 26.2 Å². The Morgan fingerprint density at radius 1 is 1.08 bits per heavy atom. The number of benzene rings is 1. The maximum Gasteiger partial charge on any atom is 0.273 e. The van der Waals surface area contributed by atoms with Gasteiger partial charge in [-0.3, -0.25) is 19.7 Å². The SMILES string of the molecule is Cc1c(C(=O)N2CCC(C(=O)N3CCCC3)CC2)cccc1[N+](=O)[O-]. The van der Waals surface area contributed by atoms with Crippen LogP contribution < -0.4 is 0 Å². The molecule has 2 fully saturated rings. The summed E-state index contributed by atoms with van der Waals surface area (Å²) in [7, 11) is 0. The van der Waals surface area contributed by atoms with Crippen LogP contribution in [-0.4, -0.2) is 52.7 Å². The first-order chi connectivity index (χ1) is 12.0. The summed E-state index contributed by atoms with van der Waals surface area (Å²) in [5.74, 6) is 0.0257. The molecule has 2 aliphatic rings. The van der Waals surface area contributed by atoms with Gasteiger partial charge in [-0.1, -0.05) is 6.07 Å². The van der Waals surface area contributed by atoms with E-state index in [2.05, 4.69) is 0 Å². The van der Waals surface area contributed by atoms with Crippen LogP contribution in [-0.2, 0) is 4.79 Å². The van der Waals surface area contributed by atoms with Gasteiger partial charge in [-0.2, -0.15) is 0 Å².